The molecule has 0 spiro atoms. The molecule has 31 heavy (non-hydrogen) atoms. The molecule has 8 heteroatoms. The molecule has 0 aromatic heterocycles. The van der Waals surface area contributed by atoms with E-state index in [0.717, 1.165) is 0 Å². The van der Waals surface area contributed by atoms with Crippen LogP contribution in [0.1, 0.15) is 49.1 Å². The van der Waals surface area contributed by atoms with E-state index >= 15 is 4.39 Å². The molecule has 4 rings (SSSR count). The number of hydrogen-bond acceptors (Lipinski definition) is 5. The Morgan fingerprint density at radius 3 is 1.94 bits per heavy atom. The minimum Gasteiger partial charge on any atom is -0.462 e. The van der Waals surface area contributed by atoms with Gasteiger partial charge in [0, 0.05) is 16.8 Å². The molecule has 0 bridgehead atoms. The third-order valence-electron chi connectivity index (χ3n) is 4.86. The zero-order chi connectivity index (χ0) is 22.3. The van der Waals surface area contributed by atoms with Crippen LogP contribution in [0.5, 0.6) is 0 Å². The molecular formula is C23H14F3NO4. The van der Waals surface area contributed by atoms with Crippen LogP contribution in [0.2, 0.25) is 0 Å². The smallest absolute Gasteiger partial charge is 0.338 e. The SMILES string of the molecule is CCOC(=O)c1ccc(Nc2c(F)c(F)c3c(c2F)C(=O)c2ccccc2C3=O)cc1. The highest BCUT2D eigenvalue weighted by Gasteiger charge is 2.38. The quantitative estimate of drug-likeness (QED) is 0.376. The van der Waals surface area contributed by atoms with E-state index in [1.807, 2.05) is 0 Å². The molecular weight excluding hydrogens is 411 g/mol. The molecule has 0 aliphatic heterocycles. The van der Waals surface area contributed by atoms with Gasteiger partial charge in [0.2, 0.25) is 0 Å². The fourth-order valence-electron chi connectivity index (χ4n) is 3.39. The van der Waals surface area contributed by atoms with Crippen LogP contribution < -0.4 is 5.32 Å². The number of carbonyl (C=O) groups excluding carboxylic acids is 3. The Morgan fingerprint density at radius 1 is 0.839 bits per heavy atom. The Kier molecular flexibility index (Phi) is 5.06. The standard InChI is InChI=1S/C23H14F3NO4/c1-2-31-23(30)11-7-9-12(10-8-11)27-20-18(25)16-15(17(24)19(20)26)21(28)13-5-3-4-6-14(13)22(16)29/h3-10,27H,2H2,1H3. The second-order valence-electron chi connectivity index (χ2n) is 6.69. The van der Waals surface area contributed by atoms with Gasteiger partial charge in [0.15, 0.2) is 29.0 Å². The third-order valence-corrected chi connectivity index (χ3v) is 4.86. The van der Waals surface area contributed by atoms with Crippen molar-refractivity contribution in [3.63, 3.8) is 0 Å². The normalized spacial score (nSPS) is 12.3. The lowest BCUT2D eigenvalue weighted by Gasteiger charge is -2.21. The van der Waals surface area contributed by atoms with Crippen molar-refractivity contribution in [1.82, 2.24) is 0 Å². The van der Waals surface area contributed by atoms with Gasteiger partial charge in [-0.05, 0) is 31.2 Å². The van der Waals surface area contributed by atoms with Crippen molar-refractivity contribution in [3.8, 4) is 0 Å². The molecule has 0 heterocycles. The number of nitrogens with one attached hydrogen (secondary N) is 1. The van der Waals surface area contributed by atoms with Crippen molar-refractivity contribution in [2.24, 2.45) is 0 Å². The Labute approximate surface area is 174 Å². The van der Waals surface area contributed by atoms with Gasteiger partial charge in [-0.25, -0.2) is 18.0 Å². The fraction of sp³-hybridized carbons (Fsp3) is 0.0870. The highest BCUT2D eigenvalue weighted by Crippen LogP contribution is 2.37. The summed E-state index contributed by atoms with van der Waals surface area (Å²) in [6, 6.07) is 11.0. The number of carbonyl (C=O) groups is 3. The summed E-state index contributed by atoms with van der Waals surface area (Å²) in [7, 11) is 0. The number of esters is 1. The fourth-order valence-corrected chi connectivity index (χ4v) is 3.39. The second kappa shape index (κ2) is 7.71. The molecule has 0 saturated heterocycles. The molecule has 1 aliphatic carbocycles. The summed E-state index contributed by atoms with van der Waals surface area (Å²) >= 11 is 0. The van der Waals surface area contributed by atoms with Crippen LogP contribution in [-0.4, -0.2) is 24.1 Å². The van der Waals surface area contributed by atoms with Gasteiger partial charge in [-0.2, -0.15) is 0 Å². The molecule has 1 aliphatic rings. The Bertz CT molecular complexity index is 1250. The third kappa shape index (κ3) is 3.26. The Hall–Kier alpha value is -3.94. The minimum absolute atomic E-state index is 0.0883. The minimum atomic E-state index is -1.63. The summed E-state index contributed by atoms with van der Waals surface area (Å²) in [6.07, 6.45) is 0. The van der Waals surface area contributed by atoms with Gasteiger partial charge < -0.3 is 10.1 Å². The molecule has 156 valence electrons. The molecule has 0 fully saturated rings. The first-order chi connectivity index (χ1) is 14.8. The number of hydrogen-bond donors (Lipinski definition) is 1. The van der Waals surface area contributed by atoms with E-state index in [1.165, 1.54) is 48.5 Å². The molecule has 0 unspecified atom stereocenters. The van der Waals surface area contributed by atoms with Gasteiger partial charge in [0.1, 0.15) is 5.69 Å². The molecule has 0 amide bonds. The van der Waals surface area contributed by atoms with Gasteiger partial charge >= 0.3 is 5.97 Å². The highest BCUT2D eigenvalue weighted by atomic mass is 19.2. The van der Waals surface area contributed by atoms with E-state index in [1.54, 1.807) is 6.92 Å². The van der Waals surface area contributed by atoms with Crippen LogP contribution in [0, 0.1) is 17.5 Å². The molecule has 5 nitrogen and oxygen atoms in total. The van der Waals surface area contributed by atoms with E-state index in [4.69, 9.17) is 4.74 Å². The summed E-state index contributed by atoms with van der Waals surface area (Å²) in [5.74, 6) is -7.08. The Morgan fingerprint density at radius 2 is 1.39 bits per heavy atom. The number of halogens is 3. The molecule has 0 radical (unpaired) electrons. The second-order valence-corrected chi connectivity index (χ2v) is 6.69. The number of anilines is 2. The van der Waals surface area contributed by atoms with Crippen molar-refractivity contribution in [2.45, 2.75) is 6.92 Å². The van der Waals surface area contributed by atoms with Crippen molar-refractivity contribution in [1.29, 1.82) is 0 Å². The van der Waals surface area contributed by atoms with Gasteiger partial charge in [-0.1, -0.05) is 24.3 Å². The molecule has 1 N–H and O–H groups in total. The maximum atomic E-state index is 15.2. The van der Waals surface area contributed by atoms with Crippen molar-refractivity contribution in [3.05, 3.63) is 93.8 Å². The maximum absolute atomic E-state index is 15.2. The number of ketones is 2. The average Bonchev–Trinajstić information content (AvgIpc) is 2.78. The predicted octanol–water partition coefficient (Wildman–Crippen LogP) is 4.80. The lowest BCUT2D eigenvalue weighted by molar-refractivity contribution is 0.0526. The van der Waals surface area contributed by atoms with E-state index in [-0.39, 0.29) is 29.0 Å². The zero-order valence-corrected chi connectivity index (χ0v) is 16.1. The number of fused-ring (bicyclic) bond motifs is 2. The van der Waals surface area contributed by atoms with Gasteiger partial charge in [-0.3, -0.25) is 9.59 Å². The highest BCUT2D eigenvalue weighted by molar-refractivity contribution is 6.28. The molecule has 0 atom stereocenters. The van der Waals surface area contributed by atoms with Gasteiger partial charge in [0.25, 0.3) is 0 Å². The molecule has 3 aromatic rings. The largest absolute Gasteiger partial charge is 0.462 e. The average molecular weight is 425 g/mol. The first kappa shape index (κ1) is 20.3. The topological polar surface area (TPSA) is 72.5 Å². The van der Waals surface area contributed by atoms with Crippen LogP contribution in [0.3, 0.4) is 0 Å². The van der Waals surface area contributed by atoms with E-state index < -0.39 is 51.8 Å². The van der Waals surface area contributed by atoms with Crippen LogP contribution in [0.4, 0.5) is 24.5 Å². The van der Waals surface area contributed by atoms with Crippen LogP contribution in [0.25, 0.3) is 0 Å². The lowest BCUT2D eigenvalue weighted by Crippen LogP contribution is -2.25. The van der Waals surface area contributed by atoms with E-state index in [2.05, 4.69) is 5.32 Å². The van der Waals surface area contributed by atoms with E-state index in [0.29, 0.717) is 0 Å². The number of benzene rings is 3. The first-order valence-electron chi connectivity index (χ1n) is 9.28. The lowest BCUT2D eigenvalue weighted by atomic mass is 9.83. The monoisotopic (exact) mass is 425 g/mol. The summed E-state index contributed by atoms with van der Waals surface area (Å²) in [6.45, 7) is 1.83. The van der Waals surface area contributed by atoms with Crippen molar-refractivity contribution in [2.75, 3.05) is 11.9 Å². The molecule has 3 aromatic carbocycles. The summed E-state index contributed by atoms with van der Waals surface area (Å²) < 4.78 is 49.5. The van der Waals surface area contributed by atoms with Gasteiger partial charge in [0.05, 0.1) is 23.3 Å². The summed E-state index contributed by atoms with van der Waals surface area (Å²) in [4.78, 5) is 37.1. The Balaban J connectivity index is 1.78. The van der Waals surface area contributed by atoms with Crippen LogP contribution in [0.15, 0.2) is 48.5 Å². The predicted molar refractivity (Wildman–Crippen MR) is 105 cm³/mol. The van der Waals surface area contributed by atoms with Crippen molar-refractivity contribution < 1.29 is 32.3 Å². The summed E-state index contributed by atoms with van der Waals surface area (Å²) in [5.41, 5.74) is -2.54. The first-order valence-corrected chi connectivity index (χ1v) is 9.28. The number of ether oxygens (including phenoxy) is 1. The van der Waals surface area contributed by atoms with Gasteiger partial charge in [-0.15, -0.1) is 0 Å². The number of rotatable bonds is 4. The van der Waals surface area contributed by atoms with E-state index in [9.17, 15) is 23.2 Å². The van der Waals surface area contributed by atoms with Crippen LogP contribution >= 0.6 is 0 Å². The van der Waals surface area contributed by atoms with Crippen molar-refractivity contribution >= 4 is 28.9 Å². The molecule has 0 saturated carbocycles. The maximum Gasteiger partial charge on any atom is 0.338 e. The van der Waals surface area contributed by atoms with Crippen LogP contribution in [-0.2, 0) is 4.74 Å². The zero-order valence-electron chi connectivity index (χ0n) is 16.1. The summed E-state index contributed by atoms with van der Waals surface area (Å²) in [5, 5.41) is 2.38.